The van der Waals surface area contributed by atoms with Gasteiger partial charge in [-0.05, 0) is 30.4 Å². The molecular formula is C19H24N4OS. The van der Waals surface area contributed by atoms with Crippen molar-refractivity contribution in [1.82, 2.24) is 14.8 Å². The first kappa shape index (κ1) is 16.5. The van der Waals surface area contributed by atoms with E-state index in [-0.39, 0.29) is 5.91 Å². The minimum atomic E-state index is 0.0615. The second-order valence-corrected chi connectivity index (χ2v) is 7.64. The predicted octanol–water partition coefficient (Wildman–Crippen LogP) is 2.50. The van der Waals surface area contributed by atoms with E-state index in [0.717, 1.165) is 37.7 Å². The third kappa shape index (κ3) is 3.41. The molecule has 0 saturated carbocycles. The van der Waals surface area contributed by atoms with Crippen LogP contribution in [0.25, 0.3) is 0 Å². The molecule has 1 aromatic heterocycles. The van der Waals surface area contributed by atoms with Crippen LogP contribution in [0.15, 0.2) is 29.6 Å². The Bertz CT molecular complexity index is 751. The van der Waals surface area contributed by atoms with E-state index < -0.39 is 0 Å². The standard InChI is InChI=1S/C19H24N4OS/c1-20-19-21-17(13-25-19)18(24)23-10-8-22(9-11-23)16-7-6-14-4-2-3-5-15(14)12-16/h2-5,13,16H,6-12H2,1H3,(H,20,21). The maximum absolute atomic E-state index is 12.6. The van der Waals surface area contributed by atoms with Gasteiger partial charge in [-0.1, -0.05) is 24.3 Å². The molecule has 1 aromatic carbocycles. The van der Waals surface area contributed by atoms with Gasteiger partial charge in [-0.15, -0.1) is 11.3 Å². The van der Waals surface area contributed by atoms with E-state index in [1.54, 1.807) is 0 Å². The molecule has 0 radical (unpaired) electrons. The molecule has 1 N–H and O–H groups in total. The smallest absolute Gasteiger partial charge is 0.273 e. The van der Waals surface area contributed by atoms with Gasteiger partial charge in [-0.2, -0.15) is 0 Å². The molecule has 1 aliphatic carbocycles. The lowest BCUT2D eigenvalue weighted by atomic mass is 9.87. The number of thiazole rings is 1. The van der Waals surface area contributed by atoms with Crippen LogP contribution in [0.3, 0.4) is 0 Å². The average molecular weight is 356 g/mol. The summed E-state index contributed by atoms with van der Waals surface area (Å²) in [6.45, 7) is 3.51. The topological polar surface area (TPSA) is 48.5 Å². The fourth-order valence-electron chi connectivity index (χ4n) is 3.93. The molecule has 0 spiro atoms. The third-order valence-corrected chi connectivity index (χ3v) is 6.24. The van der Waals surface area contributed by atoms with Gasteiger partial charge in [-0.3, -0.25) is 9.69 Å². The van der Waals surface area contributed by atoms with Crippen LogP contribution in [0.2, 0.25) is 0 Å². The van der Waals surface area contributed by atoms with Gasteiger partial charge in [0, 0.05) is 44.6 Å². The summed E-state index contributed by atoms with van der Waals surface area (Å²) < 4.78 is 0. The molecule has 4 rings (SSSR count). The quantitative estimate of drug-likeness (QED) is 0.918. The zero-order chi connectivity index (χ0) is 17.2. The maximum atomic E-state index is 12.6. The number of hydrogen-bond acceptors (Lipinski definition) is 5. The molecule has 1 aliphatic heterocycles. The number of anilines is 1. The Labute approximate surface area is 152 Å². The van der Waals surface area contributed by atoms with E-state index >= 15 is 0 Å². The normalized spacial score (nSPS) is 21.0. The Morgan fingerprint density at radius 1 is 1.20 bits per heavy atom. The van der Waals surface area contributed by atoms with E-state index in [4.69, 9.17) is 0 Å². The number of benzene rings is 1. The summed E-state index contributed by atoms with van der Waals surface area (Å²) in [6.07, 6.45) is 3.54. The molecule has 1 fully saturated rings. The van der Waals surface area contributed by atoms with Crippen molar-refractivity contribution in [2.75, 3.05) is 38.5 Å². The molecule has 5 nitrogen and oxygen atoms in total. The maximum Gasteiger partial charge on any atom is 0.273 e. The minimum Gasteiger partial charge on any atom is -0.365 e. The number of nitrogens with zero attached hydrogens (tertiary/aromatic N) is 3. The lowest BCUT2D eigenvalue weighted by Crippen LogP contribution is -2.53. The number of piperazine rings is 1. The summed E-state index contributed by atoms with van der Waals surface area (Å²) >= 11 is 1.48. The SMILES string of the molecule is CNc1nc(C(=O)N2CCN(C3CCc4ccccc4C3)CC2)cs1. The summed E-state index contributed by atoms with van der Waals surface area (Å²) in [5, 5.41) is 5.63. The molecule has 2 aromatic rings. The molecule has 2 heterocycles. The number of carbonyl (C=O) groups excluding carboxylic acids is 1. The van der Waals surface area contributed by atoms with Crippen LogP contribution in [-0.4, -0.2) is 60.0 Å². The van der Waals surface area contributed by atoms with Crippen molar-refractivity contribution in [3.8, 4) is 0 Å². The number of amides is 1. The first-order chi connectivity index (χ1) is 12.2. The second-order valence-electron chi connectivity index (χ2n) is 6.78. The predicted molar refractivity (Wildman–Crippen MR) is 101 cm³/mol. The zero-order valence-corrected chi connectivity index (χ0v) is 15.4. The first-order valence-electron chi connectivity index (χ1n) is 8.98. The largest absolute Gasteiger partial charge is 0.365 e. The molecule has 1 atom stereocenters. The summed E-state index contributed by atoms with van der Waals surface area (Å²) in [5.74, 6) is 0.0615. The molecule has 2 aliphatic rings. The highest BCUT2D eigenvalue weighted by Gasteiger charge is 2.29. The van der Waals surface area contributed by atoms with Gasteiger partial charge in [0.1, 0.15) is 5.69 Å². The van der Waals surface area contributed by atoms with E-state index in [2.05, 4.69) is 39.5 Å². The fourth-order valence-corrected chi connectivity index (χ4v) is 4.57. The number of aromatic nitrogens is 1. The number of rotatable bonds is 3. The molecular weight excluding hydrogens is 332 g/mol. The second kappa shape index (κ2) is 7.14. The van der Waals surface area contributed by atoms with Gasteiger partial charge in [0.25, 0.3) is 5.91 Å². The summed E-state index contributed by atoms with van der Waals surface area (Å²) in [6, 6.07) is 9.42. The number of nitrogens with one attached hydrogen (secondary N) is 1. The molecule has 1 amide bonds. The van der Waals surface area contributed by atoms with E-state index in [0.29, 0.717) is 11.7 Å². The van der Waals surface area contributed by atoms with Gasteiger partial charge in [-0.25, -0.2) is 4.98 Å². The molecule has 1 unspecified atom stereocenters. The monoisotopic (exact) mass is 356 g/mol. The molecule has 25 heavy (non-hydrogen) atoms. The van der Waals surface area contributed by atoms with E-state index in [9.17, 15) is 4.79 Å². The summed E-state index contributed by atoms with van der Waals surface area (Å²) in [7, 11) is 1.83. The highest BCUT2D eigenvalue weighted by atomic mass is 32.1. The molecule has 132 valence electrons. The molecule has 0 bridgehead atoms. The Morgan fingerprint density at radius 3 is 2.68 bits per heavy atom. The summed E-state index contributed by atoms with van der Waals surface area (Å²) in [4.78, 5) is 21.5. The van der Waals surface area contributed by atoms with Crippen molar-refractivity contribution >= 4 is 22.4 Å². The molecule has 6 heteroatoms. The Balaban J connectivity index is 1.35. The Hall–Kier alpha value is -1.92. The fraction of sp³-hybridized carbons (Fsp3) is 0.474. The van der Waals surface area contributed by atoms with Gasteiger partial charge in [0.2, 0.25) is 0 Å². The molecule has 1 saturated heterocycles. The van der Waals surface area contributed by atoms with Crippen LogP contribution >= 0.6 is 11.3 Å². The van der Waals surface area contributed by atoms with Crippen molar-refractivity contribution in [2.24, 2.45) is 0 Å². The van der Waals surface area contributed by atoms with Gasteiger partial charge >= 0.3 is 0 Å². The highest BCUT2D eigenvalue weighted by molar-refractivity contribution is 7.13. The van der Waals surface area contributed by atoms with Crippen molar-refractivity contribution in [2.45, 2.75) is 25.3 Å². The Morgan fingerprint density at radius 2 is 1.96 bits per heavy atom. The lowest BCUT2D eigenvalue weighted by Gasteiger charge is -2.41. The van der Waals surface area contributed by atoms with Crippen LogP contribution in [0.5, 0.6) is 0 Å². The first-order valence-corrected chi connectivity index (χ1v) is 9.86. The highest BCUT2D eigenvalue weighted by Crippen LogP contribution is 2.25. The van der Waals surface area contributed by atoms with Crippen LogP contribution in [-0.2, 0) is 12.8 Å². The van der Waals surface area contributed by atoms with Crippen molar-refractivity contribution < 1.29 is 4.79 Å². The number of carbonyl (C=O) groups is 1. The van der Waals surface area contributed by atoms with Gasteiger partial charge < -0.3 is 10.2 Å². The van der Waals surface area contributed by atoms with Crippen molar-refractivity contribution in [3.05, 3.63) is 46.5 Å². The number of fused-ring (bicyclic) bond motifs is 1. The average Bonchev–Trinajstić information content (AvgIpc) is 3.16. The Kier molecular flexibility index (Phi) is 4.72. The number of hydrogen-bond donors (Lipinski definition) is 1. The van der Waals surface area contributed by atoms with Crippen LogP contribution in [0, 0.1) is 0 Å². The zero-order valence-electron chi connectivity index (χ0n) is 14.6. The van der Waals surface area contributed by atoms with E-state index in [1.807, 2.05) is 17.3 Å². The number of aryl methyl sites for hydroxylation is 1. The minimum absolute atomic E-state index is 0.0615. The summed E-state index contributed by atoms with van der Waals surface area (Å²) in [5.41, 5.74) is 3.57. The van der Waals surface area contributed by atoms with E-state index in [1.165, 1.54) is 35.3 Å². The van der Waals surface area contributed by atoms with Crippen molar-refractivity contribution in [1.29, 1.82) is 0 Å². The van der Waals surface area contributed by atoms with Crippen LogP contribution in [0.4, 0.5) is 5.13 Å². The van der Waals surface area contributed by atoms with Gasteiger partial charge in [0.05, 0.1) is 0 Å². The van der Waals surface area contributed by atoms with Gasteiger partial charge in [0.15, 0.2) is 5.13 Å². The van der Waals surface area contributed by atoms with Crippen LogP contribution in [0.1, 0.15) is 28.0 Å². The third-order valence-electron chi connectivity index (χ3n) is 5.38. The lowest BCUT2D eigenvalue weighted by molar-refractivity contribution is 0.0548. The van der Waals surface area contributed by atoms with Crippen LogP contribution < -0.4 is 5.32 Å². The van der Waals surface area contributed by atoms with Crippen molar-refractivity contribution in [3.63, 3.8) is 0 Å².